The highest BCUT2D eigenvalue weighted by Crippen LogP contribution is 2.23. The summed E-state index contributed by atoms with van der Waals surface area (Å²) in [6, 6.07) is 9.11. The molecule has 8 heteroatoms. The Morgan fingerprint density at radius 2 is 1.92 bits per heavy atom. The van der Waals surface area contributed by atoms with E-state index < -0.39 is 24.0 Å². The Morgan fingerprint density at radius 3 is 2.54 bits per heavy atom. The maximum atomic E-state index is 12.4. The van der Waals surface area contributed by atoms with Gasteiger partial charge in [-0.1, -0.05) is 30.3 Å². The number of amides is 1. The van der Waals surface area contributed by atoms with E-state index in [1.54, 1.807) is 13.8 Å². The van der Waals surface area contributed by atoms with Crippen molar-refractivity contribution in [2.24, 2.45) is 0 Å². The molecular formula is C16H18F3N3O2. The van der Waals surface area contributed by atoms with Gasteiger partial charge in [0.25, 0.3) is 5.91 Å². The zero-order chi connectivity index (χ0) is 17.8. The highest BCUT2D eigenvalue weighted by Gasteiger charge is 2.31. The van der Waals surface area contributed by atoms with E-state index >= 15 is 0 Å². The first-order chi connectivity index (χ1) is 11.2. The summed E-state index contributed by atoms with van der Waals surface area (Å²) in [4.78, 5) is 21.1. The number of benzene rings is 1. The molecule has 0 fully saturated rings. The summed E-state index contributed by atoms with van der Waals surface area (Å²) in [7, 11) is 0. The van der Waals surface area contributed by atoms with Crippen LogP contribution in [0.1, 0.15) is 25.2 Å². The number of halogens is 3. The predicted octanol–water partition coefficient (Wildman–Crippen LogP) is 2.97. The summed E-state index contributed by atoms with van der Waals surface area (Å²) < 4.78 is 38.2. The highest BCUT2D eigenvalue weighted by molar-refractivity contribution is 5.86. The van der Waals surface area contributed by atoms with Gasteiger partial charge in [-0.25, -0.2) is 10.5 Å². The zero-order valence-corrected chi connectivity index (χ0v) is 13.3. The summed E-state index contributed by atoms with van der Waals surface area (Å²) in [6.07, 6.45) is -1.89. The van der Waals surface area contributed by atoms with Gasteiger partial charge in [0.2, 0.25) is 0 Å². The molecule has 0 unspecified atom stereocenters. The van der Waals surface area contributed by atoms with Crippen molar-refractivity contribution in [1.29, 1.82) is 0 Å². The van der Waals surface area contributed by atoms with Gasteiger partial charge in [-0.2, -0.15) is 13.2 Å². The molecule has 2 rings (SSSR count). The maximum absolute atomic E-state index is 12.4. The van der Waals surface area contributed by atoms with E-state index in [4.69, 9.17) is 4.84 Å². The SMILES string of the molecule is CC(C)(C(=O)NOCc1nccn1CC(F)(F)F)c1ccccc1. The fraction of sp³-hybridized carbons (Fsp3) is 0.375. The average molecular weight is 341 g/mol. The fourth-order valence-corrected chi connectivity index (χ4v) is 2.10. The third-order valence-electron chi connectivity index (χ3n) is 3.58. The minimum atomic E-state index is -4.35. The smallest absolute Gasteiger partial charge is 0.324 e. The topological polar surface area (TPSA) is 56.1 Å². The van der Waals surface area contributed by atoms with Gasteiger partial charge >= 0.3 is 6.18 Å². The number of carbonyl (C=O) groups is 1. The van der Waals surface area contributed by atoms with E-state index in [1.165, 1.54) is 12.4 Å². The van der Waals surface area contributed by atoms with Gasteiger partial charge in [0.15, 0.2) is 0 Å². The molecule has 0 aliphatic carbocycles. The second kappa shape index (κ2) is 7.04. The number of nitrogens with one attached hydrogen (secondary N) is 1. The van der Waals surface area contributed by atoms with Crippen molar-refractivity contribution < 1.29 is 22.8 Å². The lowest BCUT2D eigenvalue weighted by Crippen LogP contribution is -2.40. The molecule has 0 bridgehead atoms. The Kier molecular flexibility index (Phi) is 5.28. The van der Waals surface area contributed by atoms with Crippen molar-refractivity contribution >= 4 is 5.91 Å². The molecule has 24 heavy (non-hydrogen) atoms. The van der Waals surface area contributed by atoms with Crippen LogP contribution in [0, 0.1) is 0 Å². The monoisotopic (exact) mass is 341 g/mol. The number of carbonyl (C=O) groups excluding carboxylic acids is 1. The molecule has 0 aliphatic rings. The van der Waals surface area contributed by atoms with E-state index in [0.29, 0.717) is 0 Å². The van der Waals surface area contributed by atoms with E-state index in [0.717, 1.165) is 10.1 Å². The minimum Gasteiger partial charge on any atom is -0.324 e. The van der Waals surface area contributed by atoms with E-state index in [2.05, 4.69) is 10.5 Å². The Balaban J connectivity index is 1.93. The van der Waals surface area contributed by atoms with Crippen molar-refractivity contribution in [1.82, 2.24) is 15.0 Å². The number of nitrogens with zero attached hydrogens (tertiary/aromatic N) is 2. The van der Waals surface area contributed by atoms with E-state index in [-0.39, 0.29) is 12.4 Å². The van der Waals surface area contributed by atoms with E-state index in [1.807, 2.05) is 30.3 Å². The molecule has 0 aliphatic heterocycles. The molecule has 0 radical (unpaired) electrons. The maximum Gasteiger partial charge on any atom is 0.406 e. The van der Waals surface area contributed by atoms with Gasteiger partial charge in [0, 0.05) is 12.4 Å². The summed E-state index contributed by atoms with van der Waals surface area (Å²) in [5, 5.41) is 0. The number of rotatable bonds is 6. The molecule has 2 aromatic rings. The lowest BCUT2D eigenvalue weighted by molar-refractivity contribution is -0.144. The van der Waals surface area contributed by atoms with Crippen molar-refractivity contribution in [2.75, 3.05) is 0 Å². The van der Waals surface area contributed by atoms with Crippen molar-refractivity contribution in [3.05, 3.63) is 54.1 Å². The lowest BCUT2D eigenvalue weighted by atomic mass is 9.84. The molecule has 0 saturated heterocycles. The lowest BCUT2D eigenvalue weighted by Gasteiger charge is -2.23. The molecule has 1 aromatic heterocycles. The second-order valence-electron chi connectivity index (χ2n) is 5.80. The van der Waals surface area contributed by atoms with Crippen LogP contribution in [0.5, 0.6) is 0 Å². The quantitative estimate of drug-likeness (QED) is 0.822. The number of hydrogen-bond donors (Lipinski definition) is 1. The molecule has 0 spiro atoms. The number of aromatic nitrogens is 2. The molecule has 130 valence electrons. The third kappa shape index (κ3) is 4.58. The normalized spacial score (nSPS) is 12.2. The standard InChI is InChI=1S/C16H18F3N3O2/c1-15(2,12-6-4-3-5-7-12)14(23)21-24-10-13-20-8-9-22(13)11-16(17,18)19/h3-9H,10-11H2,1-2H3,(H,21,23). The summed E-state index contributed by atoms with van der Waals surface area (Å²) in [5.41, 5.74) is 2.23. The molecule has 1 N–H and O–H groups in total. The molecule has 1 aromatic carbocycles. The van der Waals surface area contributed by atoms with Crippen LogP contribution in [-0.2, 0) is 28.2 Å². The molecular weight excluding hydrogens is 323 g/mol. The fourth-order valence-electron chi connectivity index (χ4n) is 2.10. The second-order valence-corrected chi connectivity index (χ2v) is 5.80. The third-order valence-corrected chi connectivity index (χ3v) is 3.58. The van der Waals surface area contributed by atoms with Gasteiger partial charge in [-0.05, 0) is 19.4 Å². The van der Waals surface area contributed by atoms with Gasteiger partial charge in [-0.3, -0.25) is 9.63 Å². The van der Waals surface area contributed by atoms with Crippen LogP contribution in [0.3, 0.4) is 0 Å². The van der Waals surface area contributed by atoms with Crippen LogP contribution in [-0.4, -0.2) is 21.6 Å². The largest absolute Gasteiger partial charge is 0.406 e. The first-order valence-electron chi connectivity index (χ1n) is 7.24. The van der Waals surface area contributed by atoms with Gasteiger partial charge in [-0.15, -0.1) is 0 Å². The van der Waals surface area contributed by atoms with Crippen molar-refractivity contribution in [2.45, 2.75) is 38.6 Å². The van der Waals surface area contributed by atoms with Gasteiger partial charge in [0.05, 0.1) is 5.41 Å². The van der Waals surface area contributed by atoms with Crippen molar-refractivity contribution in [3.8, 4) is 0 Å². The molecule has 5 nitrogen and oxygen atoms in total. The van der Waals surface area contributed by atoms with Gasteiger partial charge in [0.1, 0.15) is 19.0 Å². The Morgan fingerprint density at radius 1 is 1.25 bits per heavy atom. The minimum absolute atomic E-state index is 0.0742. The Labute approximate surface area is 137 Å². The van der Waals surface area contributed by atoms with Gasteiger partial charge < -0.3 is 4.57 Å². The molecule has 1 amide bonds. The van der Waals surface area contributed by atoms with Crippen LogP contribution in [0.15, 0.2) is 42.7 Å². The Bertz CT molecular complexity index is 681. The molecule has 1 heterocycles. The first kappa shape index (κ1) is 18.0. The first-order valence-corrected chi connectivity index (χ1v) is 7.24. The highest BCUT2D eigenvalue weighted by atomic mass is 19.4. The van der Waals surface area contributed by atoms with Crippen LogP contribution in [0.25, 0.3) is 0 Å². The summed E-state index contributed by atoms with van der Waals surface area (Å²) >= 11 is 0. The van der Waals surface area contributed by atoms with Crippen LogP contribution in [0.4, 0.5) is 13.2 Å². The number of hydroxylamine groups is 1. The predicted molar refractivity (Wildman–Crippen MR) is 80.7 cm³/mol. The molecule has 0 saturated carbocycles. The zero-order valence-electron chi connectivity index (χ0n) is 13.3. The number of alkyl halides is 3. The summed E-state index contributed by atoms with van der Waals surface area (Å²) in [5.74, 6) is -0.326. The van der Waals surface area contributed by atoms with Crippen LogP contribution >= 0.6 is 0 Å². The number of hydrogen-bond acceptors (Lipinski definition) is 3. The number of imidazole rings is 1. The average Bonchev–Trinajstić information content (AvgIpc) is 2.93. The molecule has 0 atom stereocenters. The Hall–Kier alpha value is -2.35. The van der Waals surface area contributed by atoms with Crippen LogP contribution < -0.4 is 5.48 Å². The van der Waals surface area contributed by atoms with Crippen molar-refractivity contribution in [3.63, 3.8) is 0 Å². The van der Waals surface area contributed by atoms with E-state index in [9.17, 15) is 18.0 Å². The van der Waals surface area contributed by atoms with Crippen LogP contribution in [0.2, 0.25) is 0 Å². The summed E-state index contributed by atoms with van der Waals surface area (Å²) in [6.45, 7) is 2.03.